The lowest BCUT2D eigenvalue weighted by atomic mass is 9.95. The van der Waals surface area contributed by atoms with Crippen molar-refractivity contribution in [2.45, 2.75) is 39.2 Å². The molecule has 6 nitrogen and oxygen atoms in total. The molecule has 4 rings (SSSR count). The Balaban J connectivity index is 1.31. The van der Waals surface area contributed by atoms with Crippen LogP contribution in [0.2, 0.25) is 5.02 Å². The number of amides is 2. The first-order valence-electron chi connectivity index (χ1n) is 10.4. The Morgan fingerprint density at radius 1 is 1.21 bits per heavy atom. The summed E-state index contributed by atoms with van der Waals surface area (Å²) < 4.78 is 2.24. The molecule has 2 fully saturated rings. The quantitative estimate of drug-likeness (QED) is 0.753. The maximum atomic E-state index is 13.0. The molecule has 154 valence electrons. The number of anilines is 1. The second kappa shape index (κ2) is 8.57. The molecule has 0 radical (unpaired) electrons. The number of carbonyl (C=O) groups excluding carboxylic acids is 2. The molecule has 29 heavy (non-hydrogen) atoms. The summed E-state index contributed by atoms with van der Waals surface area (Å²) in [6, 6.07) is 7.21. The minimum atomic E-state index is -0.255. The molecule has 3 heterocycles. The average molecular weight is 415 g/mol. The van der Waals surface area contributed by atoms with Gasteiger partial charge in [0.25, 0.3) is 0 Å². The van der Waals surface area contributed by atoms with Gasteiger partial charge in [0.15, 0.2) is 0 Å². The molecule has 0 saturated carbocycles. The predicted molar refractivity (Wildman–Crippen MR) is 113 cm³/mol. The van der Waals surface area contributed by atoms with Crippen LogP contribution in [0.5, 0.6) is 0 Å². The van der Waals surface area contributed by atoms with E-state index in [0.717, 1.165) is 50.4 Å². The van der Waals surface area contributed by atoms with E-state index in [1.54, 1.807) is 17.0 Å². The van der Waals surface area contributed by atoms with Crippen LogP contribution in [0.4, 0.5) is 5.69 Å². The van der Waals surface area contributed by atoms with Gasteiger partial charge in [0.05, 0.1) is 5.92 Å². The Morgan fingerprint density at radius 2 is 1.93 bits per heavy atom. The Labute approximate surface area is 176 Å². The van der Waals surface area contributed by atoms with E-state index in [1.807, 2.05) is 29.4 Å². The molecule has 1 aromatic carbocycles. The first-order chi connectivity index (χ1) is 14.0. The predicted octanol–water partition coefficient (Wildman–Crippen LogP) is 3.39. The normalized spacial score (nSPS) is 20.5. The zero-order chi connectivity index (χ0) is 20.4. The van der Waals surface area contributed by atoms with E-state index in [9.17, 15) is 9.59 Å². The van der Waals surface area contributed by atoms with E-state index in [2.05, 4.69) is 16.5 Å². The van der Waals surface area contributed by atoms with Crippen molar-refractivity contribution in [1.29, 1.82) is 0 Å². The van der Waals surface area contributed by atoms with Crippen LogP contribution in [0.25, 0.3) is 0 Å². The van der Waals surface area contributed by atoms with Crippen LogP contribution in [-0.4, -0.2) is 45.9 Å². The van der Waals surface area contributed by atoms with Crippen molar-refractivity contribution in [1.82, 2.24) is 14.5 Å². The Kier molecular flexibility index (Phi) is 5.90. The average Bonchev–Trinajstić information content (AvgIpc) is 3.35. The van der Waals surface area contributed by atoms with Crippen LogP contribution in [0.3, 0.4) is 0 Å². The van der Waals surface area contributed by atoms with E-state index >= 15 is 0 Å². The van der Waals surface area contributed by atoms with Gasteiger partial charge in [-0.15, -0.1) is 0 Å². The Bertz CT molecular complexity index is 871. The van der Waals surface area contributed by atoms with Crippen LogP contribution < -0.4 is 4.90 Å². The number of imidazole rings is 1. The number of carbonyl (C=O) groups is 2. The van der Waals surface area contributed by atoms with E-state index in [-0.39, 0.29) is 24.2 Å². The number of aryl methyl sites for hydroxylation is 1. The molecular weight excluding hydrogens is 388 g/mol. The smallest absolute Gasteiger partial charge is 0.228 e. The number of nitrogens with zero attached hydrogens (tertiary/aromatic N) is 4. The Morgan fingerprint density at radius 3 is 2.62 bits per heavy atom. The van der Waals surface area contributed by atoms with Crippen LogP contribution >= 0.6 is 11.6 Å². The number of halogens is 1. The number of hydrogen-bond acceptors (Lipinski definition) is 3. The maximum absolute atomic E-state index is 13.0. The number of likely N-dealkylation sites (tertiary alicyclic amines) is 1. The third-order valence-corrected chi connectivity index (χ3v) is 6.36. The minimum Gasteiger partial charge on any atom is -0.342 e. The van der Waals surface area contributed by atoms with Gasteiger partial charge >= 0.3 is 0 Å². The zero-order valence-corrected chi connectivity index (χ0v) is 17.5. The number of hydrogen-bond donors (Lipinski definition) is 0. The van der Waals surface area contributed by atoms with E-state index in [0.29, 0.717) is 17.5 Å². The van der Waals surface area contributed by atoms with Crippen LogP contribution in [0, 0.1) is 11.8 Å². The zero-order valence-electron chi connectivity index (χ0n) is 16.8. The highest BCUT2D eigenvalue weighted by molar-refractivity contribution is 6.30. The van der Waals surface area contributed by atoms with E-state index in [1.165, 1.54) is 0 Å². The minimum absolute atomic E-state index is 0.00719. The number of benzene rings is 1. The summed E-state index contributed by atoms with van der Waals surface area (Å²) >= 11 is 5.94. The lowest BCUT2D eigenvalue weighted by molar-refractivity contribution is -0.137. The van der Waals surface area contributed by atoms with Crippen LogP contribution in [0.15, 0.2) is 36.7 Å². The summed E-state index contributed by atoms with van der Waals surface area (Å²) in [6.07, 6.45) is 7.12. The largest absolute Gasteiger partial charge is 0.342 e. The third kappa shape index (κ3) is 4.32. The summed E-state index contributed by atoms with van der Waals surface area (Å²) in [5, 5.41) is 0.637. The number of aromatic nitrogens is 2. The van der Waals surface area contributed by atoms with Crippen LogP contribution in [0.1, 0.15) is 32.0 Å². The highest BCUT2D eigenvalue weighted by Crippen LogP contribution is 2.29. The molecule has 2 aromatic rings. The Hall–Kier alpha value is -2.34. The number of rotatable bonds is 5. The van der Waals surface area contributed by atoms with Gasteiger partial charge in [-0.25, -0.2) is 4.98 Å². The fraction of sp³-hybridized carbons (Fsp3) is 0.500. The molecule has 0 spiro atoms. The molecule has 1 unspecified atom stereocenters. The molecule has 0 N–H and O–H groups in total. The molecular formula is C22H27ClN4O2. The first kappa shape index (κ1) is 20.0. The van der Waals surface area contributed by atoms with E-state index < -0.39 is 0 Å². The first-order valence-corrected chi connectivity index (χ1v) is 10.8. The van der Waals surface area contributed by atoms with Crippen molar-refractivity contribution in [3.8, 4) is 0 Å². The third-order valence-electron chi connectivity index (χ3n) is 6.11. The summed E-state index contributed by atoms with van der Waals surface area (Å²) in [6.45, 7) is 5.08. The van der Waals surface area contributed by atoms with Gasteiger partial charge in [0.1, 0.15) is 5.82 Å². The van der Waals surface area contributed by atoms with Crippen molar-refractivity contribution in [2.24, 2.45) is 11.8 Å². The van der Waals surface area contributed by atoms with Gasteiger partial charge < -0.3 is 14.4 Å². The van der Waals surface area contributed by atoms with Gasteiger partial charge in [-0.05, 0) is 43.0 Å². The van der Waals surface area contributed by atoms with Gasteiger partial charge in [-0.2, -0.15) is 0 Å². The van der Waals surface area contributed by atoms with Crippen molar-refractivity contribution in [3.63, 3.8) is 0 Å². The monoisotopic (exact) mass is 414 g/mol. The summed E-state index contributed by atoms with van der Waals surface area (Å²) in [5.41, 5.74) is 0.806. The van der Waals surface area contributed by atoms with E-state index in [4.69, 9.17) is 11.6 Å². The highest BCUT2D eigenvalue weighted by atomic mass is 35.5. The van der Waals surface area contributed by atoms with Crippen LogP contribution in [-0.2, 0) is 22.6 Å². The van der Waals surface area contributed by atoms with Gasteiger partial charge in [-0.1, -0.05) is 18.5 Å². The molecule has 7 heteroatoms. The lowest BCUT2D eigenvalue weighted by Gasteiger charge is -2.33. The topological polar surface area (TPSA) is 58.4 Å². The molecule has 0 bridgehead atoms. The summed E-state index contributed by atoms with van der Waals surface area (Å²) in [4.78, 5) is 33.5. The SMILES string of the molecule is CCc1nccn1CC1CCN(C(=O)C2CC(=O)N(c3ccc(Cl)cc3)C2)CC1. The van der Waals surface area contributed by atoms with Crippen molar-refractivity contribution in [3.05, 3.63) is 47.5 Å². The molecule has 2 aliphatic heterocycles. The fourth-order valence-electron chi connectivity index (χ4n) is 4.44. The lowest BCUT2D eigenvalue weighted by Crippen LogP contribution is -2.43. The molecule has 2 aliphatic rings. The molecule has 1 aromatic heterocycles. The number of piperidine rings is 1. The van der Waals surface area contributed by atoms with Gasteiger partial charge in [-0.3, -0.25) is 9.59 Å². The van der Waals surface area contributed by atoms with Gasteiger partial charge in [0.2, 0.25) is 11.8 Å². The molecule has 0 aliphatic carbocycles. The summed E-state index contributed by atoms with van der Waals surface area (Å²) in [5.74, 6) is 1.55. The maximum Gasteiger partial charge on any atom is 0.228 e. The fourth-order valence-corrected chi connectivity index (χ4v) is 4.56. The van der Waals surface area contributed by atoms with Gasteiger partial charge in [0, 0.05) is 62.1 Å². The standard InChI is InChI=1S/C22H27ClN4O2/c1-2-20-24-9-12-26(20)14-16-7-10-25(11-8-16)22(29)17-13-21(28)27(15-17)19-5-3-18(23)4-6-19/h3-6,9,12,16-17H,2,7-8,10-11,13-15H2,1H3. The van der Waals surface area contributed by atoms with Crippen molar-refractivity contribution in [2.75, 3.05) is 24.5 Å². The highest BCUT2D eigenvalue weighted by Gasteiger charge is 2.38. The second-order valence-corrected chi connectivity index (χ2v) is 8.44. The molecule has 1 atom stereocenters. The van der Waals surface area contributed by atoms with Crippen molar-refractivity contribution >= 4 is 29.1 Å². The second-order valence-electron chi connectivity index (χ2n) is 8.00. The van der Waals surface area contributed by atoms with Crippen molar-refractivity contribution < 1.29 is 9.59 Å². The molecule has 2 amide bonds. The molecule has 2 saturated heterocycles. The summed E-state index contributed by atoms with van der Waals surface area (Å²) in [7, 11) is 0.